The van der Waals surface area contributed by atoms with Crippen LogP contribution in [0, 0.1) is 0 Å². The van der Waals surface area contributed by atoms with Crippen molar-refractivity contribution in [2.24, 2.45) is 0 Å². The lowest BCUT2D eigenvalue weighted by atomic mass is 10.1. The molecule has 1 aliphatic heterocycles. The lowest BCUT2D eigenvalue weighted by molar-refractivity contribution is 0.0826. The van der Waals surface area contributed by atoms with E-state index in [0.29, 0.717) is 12.0 Å². The summed E-state index contributed by atoms with van der Waals surface area (Å²) in [5, 5.41) is 13.6. The molecule has 1 fully saturated rings. The van der Waals surface area contributed by atoms with Crippen molar-refractivity contribution in [3.05, 3.63) is 54.4 Å². The fraction of sp³-hybridized carbons (Fsp3) is 0.333. The molecule has 2 aromatic rings. The normalized spacial score (nSPS) is 27.8. The molecule has 1 saturated carbocycles. The molecule has 2 heterocycles. The van der Waals surface area contributed by atoms with Crippen LogP contribution in [0.5, 0.6) is 5.75 Å². The summed E-state index contributed by atoms with van der Waals surface area (Å²) in [5.41, 5.74) is 1.44. The van der Waals surface area contributed by atoms with Crippen LogP contribution in [0.15, 0.2) is 48.8 Å². The van der Waals surface area contributed by atoms with Gasteiger partial charge in [0, 0.05) is 25.9 Å². The maximum Gasteiger partial charge on any atom is 0.253 e. The highest BCUT2D eigenvalue weighted by Crippen LogP contribution is 2.40. The molecule has 24 heavy (non-hydrogen) atoms. The molecule has 0 saturated heterocycles. The molecule has 6 heteroatoms. The highest BCUT2D eigenvalue weighted by Gasteiger charge is 2.49. The average Bonchev–Trinajstić information content (AvgIpc) is 2.92. The van der Waals surface area contributed by atoms with E-state index in [1.807, 2.05) is 36.2 Å². The number of para-hydroxylation sites is 2. The van der Waals surface area contributed by atoms with Crippen molar-refractivity contribution in [1.29, 1.82) is 0 Å². The second kappa shape index (κ2) is 5.79. The number of likely N-dealkylation sites (N-methyl/N-ethyl adjacent to an activating group) is 1. The minimum absolute atomic E-state index is 0.154. The van der Waals surface area contributed by atoms with Crippen LogP contribution in [0.25, 0.3) is 0 Å². The largest absolute Gasteiger partial charge is 0.486 e. The first kappa shape index (κ1) is 15.0. The number of carbonyl (C=O) groups is 1. The summed E-state index contributed by atoms with van der Waals surface area (Å²) >= 11 is 0. The smallest absolute Gasteiger partial charge is 0.253 e. The summed E-state index contributed by atoms with van der Waals surface area (Å²) in [6, 6.07) is 10.7. The minimum atomic E-state index is -0.700. The molecule has 124 valence electrons. The monoisotopic (exact) mass is 325 g/mol. The van der Waals surface area contributed by atoms with Crippen LogP contribution >= 0.6 is 0 Å². The molecule has 4 atom stereocenters. The first-order valence-corrected chi connectivity index (χ1v) is 8.02. The predicted octanol–water partition coefficient (Wildman–Crippen LogP) is 1.21. The number of aromatic nitrogens is 1. The fourth-order valence-electron chi connectivity index (χ4n) is 3.65. The quantitative estimate of drug-likeness (QED) is 0.868. The summed E-state index contributed by atoms with van der Waals surface area (Å²) < 4.78 is 6.05. The highest BCUT2D eigenvalue weighted by molar-refractivity contribution is 5.94. The second-order valence-electron chi connectivity index (χ2n) is 6.27. The van der Waals surface area contributed by atoms with Crippen molar-refractivity contribution < 1.29 is 14.6 Å². The Morgan fingerprint density at radius 3 is 2.96 bits per heavy atom. The number of amides is 1. The number of anilines is 1. The van der Waals surface area contributed by atoms with Gasteiger partial charge in [0.15, 0.2) is 0 Å². The van der Waals surface area contributed by atoms with Crippen LogP contribution < -0.4 is 15.0 Å². The number of rotatable bonds is 2. The average molecular weight is 325 g/mol. The van der Waals surface area contributed by atoms with Gasteiger partial charge in [0.2, 0.25) is 0 Å². The van der Waals surface area contributed by atoms with Gasteiger partial charge in [-0.05, 0) is 24.3 Å². The maximum atomic E-state index is 12.3. The van der Waals surface area contributed by atoms with E-state index in [1.165, 1.54) is 6.20 Å². The number of hydrogen-bond acceptors (Lipinski definition) is 5. The number of fused-ring (bicyclic) bond motifs is 2. The van der Waals surface area contributed by atoms with Crippen LogP contribution in [0.3, 0.4) is 0 Å². The Labute approximate surface area is 140 Å². The Bertz CT molecular complexity index is 752. The molecule has 0 spiro atoms. The van der Waals surface area contributed by atoms with Crippen molar-refractivity contribution in [3.63, 3.8) is 0 Å². The van der Waals surface area contributed by atoms with Gasteiger partial charge in [0.1, 0.15) is 11.9 Å². The van der Waals surface area contributed by atoms with Gasteiger partial charge in [-0.25, -0.2) is 0 Å². The van der Waals surface area contributed by atoms with E-state index in [0.717, 1.165) is 11.4 Å². The van der Waals surface area contributed by atoms with Crippen molar-refractivity contribution >= 4 is 11.6 Å². The van der Waals surface area contributed by atoms with E-state index < -0.39 is 6.10 Å². The van der Waals surface area contributed by atoms with E-state index in [2.05, 4.69) is 10.3 Å². The zero-order valence-corrected chi connectivity index (χ0v) is 13.3. The number of ether oxygens (including phenoxy) is 1. The van der Waals surface area contributed by atoms with Crippen LogP contribution in [0.2, 0.25) is 0 Å². The first-order valence-electron chi connectivity index (χ1n) is 8.02. The Morgan fingerprint density at radius 1 is 1.33 bits per heavy atom. The summed E-state index contributed by atoms with van der Waals surface area (Å²) in [6.07, 6.45) is 2.85. The molecule has 0 unspecified atom stereocenters. The van der Waals surface area contributed by atoms with Crippen molar-refractivity contribution in [2.45, 2.75) is 30.7 Å². The SMILES string of the molecule is CN1c2ccccc2O[C@@H]2C[C@@H](NC(=O)c3cccnc3)[C@@H](O)[C@@H]21. The first-order chi connectivity index (χ1) is 11.6. The van der Waals surface area contributed by atoms with Crippen LogP contribution in [-0.2, 0) is 0 Å². The van der Waals surface area contributed by atoms with Gasteiger partial charge in [0.25, 0.3) is 5.91 Å². The highest BCUT2D eigenvalue weighted by atomic mass is 16.5. The van der Waals surface area contributed by atoms with E-state index >= 15 is 0 Å². The van der Waals surface area contributed by atoms with Crippen LogP contribution in [0.1, 0.15) is 16.8 Å². The zero-order valence-electron chi connectivity index (χ0n) is 13.3. The van der Waals surface area contributed by atoms with Gasteiger partial charge < -0.3 is 20.1 Å². The topological polar surface area (TPSA) is 74.7 Å². The van der Waals surface area contributed by atoms with Gasteiger partial charge in [-0.2, -0.15) is 0 Å². The molecular formula is C18H19N3O3. The van der Waals surface area contributed by atoms with Crippen molar-refractivity contribution in [1.82, 2.24) is 10.3 Å². The van der Waals surface area contributed by atoms with Gasteiger partial charge in [-0.15, -0.1) is 0 Å². The molecule has 6 nitrogen and oxygen atoms in total. The summed E-state index contributed by atoms with van der Waals surface area (Å²) in [6.45, 7) is 0. The second-order valence-corrected chi connectivity index (χ2v) is 6.27. The van der Waals surface area contributed by atoms with Crippen LogP contribution in [-0.4, -0.2) is 47.3 Å². The predicted molar refractivity (Wildman–Crippen MR) is 89.2 cm³/mol. The van der Waals surface area contributed by atoms with Gasteiger partial charge in [-0.1, -0.05) is 12.1 Å². The third-order valence-electron chi connectivity index (χ3n) is 4.84. The molecule has 0 radical (unpaired) electrons. The van der Waals surface area contributed by atoms with Crippen molar-refractivity contribution in [2.75, 3.05) is 11.9 Å². The lowest BCUT2D eigenvalue weighted by Gasteiger charge is -2.39. The Hall–Kier alpha value is -2.60. The maximum absolute atomic E-state index is 12.3. The molecule has 1 aromatic heterocycles. The van der Waals surface area contributed by atoms with Gasteiger partial charge >= 0.3 is 0 Å². The lowest BCUT2D eigenvalue weighted by Crippen LogP contribution is -2.52. The molecule has 0 bridgehead atoms. The molecule has 1 aromatic carbocycles. The van der Waals surface area contributed by atoms with Crippen molar-refractivity contribution in [3.8, 4) is 5.75 Å². The molecule has 1 aliphatic carbocycles. The minimum Gasteiger partial charge on any atom is -0.486 e. The molecule has 4 rings (SSSR count). The number of benzene rings is 1. The standard InChI is InChI=1S/C18H19N3O3/c1-21-13-6-2-3-7-14(13)24-15-9-12(17(22)16(15)21)20-18(23)11-5-4-8-19-10-11/h2-8,10,12,15-17,22H,9H2,1H3,(H,20,23)/t12-,15-,16-,17-/m1/s1. The van der Waals surface area contributed by atoms with E-state index in [4.69, 9.17) is 4.74 Å². The summed E-state index contributed by atoms with van der Waals surface area (Å²) in [4.78, 5) is 18.3. The number of aliphatic hydroxyl groups excluding tert-OH is 1. The number of carbonyl (C=O) groups excluding carboxylic acids is 1. The van der Waals surface area contributed by atoms with E-state index in [-0.39, 0.29) is 24.1 Å². The van der Waals surface area contributed by atoms with E-state index in [9.17, 15) is 9.90 Å². The van der Waals surface area contributed by atoms with Gasteiger partial charge in [-0.3, -0.25) is 9.78 Å². The zero-order chi connectivity index (χ0) is 16.7. The Morgan fingerprint density at radius 2 is 2.17 bits per heavy atom. The van der Waals surface area contributed by atoms with E-state index in [1.54, 1.807) is 18.3 Å². The molecule has 2 aliphatic rings. The Kier molecular flexibility index (Phi) is 3.61. The third kappa shape index (κ3) is 2.39. The number of hydrogen-bond donors (Lipinski definition) is 2. The third-order valence-corrected chi connectivity index (χ3v) is 4.84. The molecule has 1 amide bonds. The summed E-state index contributed by atoms with van der Waals surface area (Å²) in [7, 11) is 1.95. The summed E-state index contributed by atoms with van der Waals surface area (Å²) in [5.74, 6) is 0.582. The fourth-order valence-corrected chi connectivity index (χ4v) is 3.65. The number of pyridine rings is 1. The molecular weight excluding hydrogens is 306 g/mol. The molecule has 2 N–H and O–H groups in total. The van der Waals surface area contributed by atoms with Gasteiger partial charge in [0.05, 0.1) is 29.4 Å². The number of nitrogens with one attached hydrogen (secondary N) is 1. The number of nitrogens with zero attached hydrogens (tertiary/aromatic N) is 2. The van der Waals surface area contributed by atoms with Crippen LogP contribution in [0.4, 0.5) is 5.69 Å². The Balaban J connectivity index is 1.53. The number of aliphatic hydroxyl groups is 1.